The molecule has 7 rings (SSSR count). The first kappa shape index (κ1) is 38.0. The zero-order valence-electron chi connectivity index (χ0n) is 33.9. The van der Waals surface area contributed by atoms with E-state index in [0.29, 0.717) is 60.4 Å². The van der Waals surface area contributed by atoms with Gasteiger partial charge in [-0.05, 0) is 153 Å². The lowest BCUT2D eigenvalue weighted by Gasteiger charge is -2.69. The number of carbonyl (C=O) groups is 3. The third-order valence-corrected chi connectivity index (χ3v) is 17.6. The molecule has 5 nitrogen and oxygen atoms in total. The maximum Gasteiger partial charge on any atom is 0.306 e. The van der Waals surface area contributed by atoms with E-state index in [9.17, 15) is 19.5 Å². The first-order valence-electron chi connectivity index (χ1n) is 21.2. The minimum atomic E-state index is -0.745. The van der Waals surface area contributed by atoms with Crippen molar-refractivity contribution in [3.05, 3.63) is 47.0 Å². The predicted molar refractivity (Wildman–Crippen MR) is 208 cm³/mol. The molecule has 0 heterocycles. The van der Waals surface area contributed by atoms with Crippen LogP contribution in [-0.4, -0.2) is 29.2 Å². The second kappa shape index (κ2) is 13.2. The molecule has 0 aliphatic heterocycles. The molecular formula is C47H69NO4. The molecule has 286 valence electrons. The van der Waals surface area contributed by atoms with Gasteiger partial charge in [-0.1, -0.05) is 84.4 Å². The summed E-state index contributed by atoms with van der Waals surface area (Å²) >= 11 is 0. The number of Topliss-reactive ketones (excluding diaryl/α,β-unsaturated/α-hetero) is 2. The van der Waals surface area contributed by atoms with Gasteiger partial charge in [0.1, 0.15) is 5.78 Å². The van der Waals surface area contributed by atoms with Crippen molar-refractivity contribution in [2.24, 2.45) is 74.9 Å². The summed E-state index contributed by atoms with van der Waals surface area (Å²) in [6, 6.07) is 10.8. The summed E-state index contributed by atoms with van der Waals surface area (Å²) in [5, 5.41) is 13.4. The van der Waals surface area contributed by atoms with Crippen LogP contribution in [0.2, 0.25) is 0 Å². The van der Waals surface area contributed by atoms with Gasteiger partial charge in [0, 0.05) is 29.7 Å². The van der Waals surface area contributed by atoms with Crippen LogP contribution in [0.3, 0.4) is 0 Å². The molecule has 1 aromatic rings. The van der Waals surface area contributed by atoms with E-state index in [4.69, 9.17) is 0 Å². The van der Waals surface area contributed by atoms with E-state index in [1.54, 1.807) is 5.57 Å². The van der Waals surface area contributed by atoms with Crippen LogP contribution < -0.4 is 5.32 Å². The second-order valence-electron chi connectivity index (χ2n) is 20.9. The van der Waals surface area contributed by atoms with Gasteiger partial charge in [0.25, 0.3) is 0 Å². The molecule has 2 N–H and O–H groups in total. The summed E-state index contributed by atoms with van der Waals surface area (Å²) in [7, 11) is 0. The Morgan fingerprint density at radius 3 is 2.25 bits per heavy atom. The van der Waals surface area contributed by atoms with Crippen LogP contribution >= 0.6 is 0 Å². The number of allylic oxidation sites excluding steroid dienone is 2. The molecule has 5 saturated carbocycles. The number of hydrogen-bond donors (Lipinski definition) is 2. The quantitative estimate of drug-likeness (QED) is 0.252. The van der Waals surface area contributed by atoms with Crippen molar-refractivity contribution in [3.8, 4) is 0 Å². The number of hydrogen-bond acceptors (Lipinski definition) is 4. The average molecular weight is 712 g/mol. The van der Waals surface area contributed by atoms with Gasteiger partial charge >= 0.3 is 5.97 Å². The first-order valence-corrected chi connectivity index (χ1v) is 21.2. The monoisotopic (exact) mass is 712 g/mol. The number of aliphatic carboxylic acids is 1. The van der Waals surface area contributed by atoms with Gasteiger partial charge in [-0.2, -0.15) is 0 Å². The summed E-state index contributed by atoms with van der Waals surface area (Å²) in [5.41, 5.74) is 4.56. The fourth-order valence-electron chi connectivity index (χ4n) is 14.7. The van der Waals surface area contributed by atoms with Gasteiger partial charge in [-0.3, -0.25) is 14.4 Å². The van der Waals surface area contributed by atoms with E-state index < -0.39 is 5.97 Å². The minimum absolute atomic E-state index is 0.00305. The molecule has 0 aromatic heterocycles. The van der Waals surface area contributed by atoms with Crippen molar-refractivity contribution in [1.29, 1.82) is 0 Å². The molecule has 0 radical (unpaired) electrons. The van der Waals surface area contributed by atoms with E-state index >= 15 is 0 Å². The third kappa shape index (κ3) is 5.83. The van der Waals surface area contributed by atoms with E-state index in [1.807, 2.05) is 6.92 Å². The maximum atomic E-state index is 14.0. The maximum absolute atomic E-state index is 14.0. The van der Waals surface area contributed by atoms with Crippen molar-refractivity contribution < 1.29 is 19.5 Å². The highest BCUT2D eigenvalue weighted by molar-refractivity contribution is 6.00. The van der Waals surface area contributed by atoms with Gasteiger partial charge < -0.3 is 10.4 Å². The molecule has 6 aliphatic carbocycles. The molecule has 5 fully saturated rings. The lowest BCUT2D eigenvalue weighted by atomic mass is 9.35. The fraction of sp³-hybridized carbons (Fsp3) is 0.766. The van der Waals surface area contributed by atoms with E-state index in [-0.39, 0.29) is 50.9 Å². The minimum Gasteiger partial charge on any atom is -0.481 e. The number of ketones is 2. The molecule has 1 aromatic carbocycles. The fourth-order valence-corrected chi connectivity index (χ4v) is 14.7. The summed E-state index contributed by atoms with van der Waals surface area (Å²) in [4.78, 5) is 39.2. The second-order valence-corrected chi connectivity index (χ2v) is 20.9. The molecule has 11 unspecified atom stereocenters. The molecular weight excluding hydrogens is 643 g/mol. The summed E-state index contributed by atoms with van der Waals surface area (Å²) in [5.74, 6) is 2.57. The lowest BCUT2D eigenvalue weighted by Crippen LogP contribution is -2.62. The first-order chi connectivity index (χ1) is 24.4. The van der Waals surface area contributed by atoms with Crippen LogP contribution in [0.4, 0.5) is 0 Å². The Morgan fingerprint density at radius 1 is 0.904 bits per heavy atom. The van der Waals surface area contributed by atoms with E-state index in [2.05, 4.69) is 91.0 Å². The third-order valence-electron chi connectivity index (χ3n) is 17.6. The van der Waals surface area contributed by atoms with Crippen LogP contribution in [0, 0.1) is 74.9 Å². The van der Waals surface area contributed by atoms with Crippen molar-refractivity contribution in [2.45, 2.75) is 145 Å². The molecule has 11 atom stereocenters. The molecule has 0 saturated heterocycles. The Labute approximate surface area is 314 Å². The highest BCUT2D eigenvalue weighted by Crippen LogP contribution is 2.74. The van der Waals surface area contributed by atoms with Gasteiger partial charge in [0.2, 0.25) is 0 Å². The summed E-state index contributed by atoms with van der Waals surface area (Å²) < 4.78 is 0. The van der Waals surface area contributed by atoms with Crippen LogP contribution in [0.1, 0.15) is 145 Å². The van der Waals surface area contributed by atoms with Gasteiger partial charge in [0.05, 0.1) is 5.92 Å². The van der Waals surface area contributed by atoms with Crippen molar-refractivity contribution in [2.75, 3.05) is 6.54 Å². The summed E-state index contributed by atoms with van der Waals surface area (Å²) in [6.45, 7) is 22.2. The Kier molecular flexibility index (Phi) is 9.65. The Balaban J connectivity index is 1.10. The van der Waals surface area contributed by atoms with Gasteiger partial charge in [0.15, 0.2) is 5.78 Å². The van der Waals surface area contributed by atoms with Crippen molar-refractivity contribution in [1.82, 2.24) is 5.32 Å². The Bertz CT molecular complexity index is 1610. The number of carbonyl (C=O) groups excluding carboxylic acids is 2. The number of nitrogens with one attached hydrogen (secondary N) is 1. The lowest BCUT2D eigenvalue weighted by molar-refractivity contribution is -0.193. The smallest absolute Gasteiger partial charge is 0.306 e. The Morgan fingerprint density at radius 2 is 1.60 bits per heavy atom. The molecule has 0 amide bonds. The standard InChI is InChI=1S/C47H69NO4/c1-28(2)40-37(50)27-47(23-24-48-44(6,7)30-13-11-10-12-14-30)22-18-35-32(41(40)47)15-16-39-45(35,8)21-19-38-43(4,5)31(17-20-46(38,39)9)25-36(49)33-26-34(29(33)3)42(51)52/h10-14,28-29,31-35,38-39,48H,15-27H2,1-9H3,(H,51,52). The van der Waals surface area contributed by atoms with Gasteiger partial charge in [-0.25, -0.2) is 0 Å². The predicted octanol–water partition coefficient (Wildman–Crippen LogP) is 10.4. The number of rotatable bonds is 10. The topological polar surface area (TPSA) is 83.5 Å². The number of carboxylic acids is 1. The SMILES string of the molecule is CC(C)C1=C2C3CCC4C(C)(CCC5C(C)(C)C(CC(=O)C6CC(C(=O)O)C6C)CCC54C)C3CCC2(CCNC(C)(C)c2ccccc2)CC1=O. The zero-order chi connectivity index (χ0) is 37.6. The van der Waals surface area contributed by atoms with Crippen LogP contribution in [-0.2, 0) is 19.9 Å². The number of benzene rings is 1. The normalized spacial score (nSPS) is 41.1. The number of carboxylic acid groups (broad SMARTS) is 1. The Hall–Kier alpha value is -2.27. The molecule has 6 aliphatic rings. The van der Waals surface area contributed by atoms with Crippen LogP contribution in [0.5, 0.6) is 0 Å². The molecule has 52 heavy (non-hydrogen) atoms. The summed E-state index contributed by atoms with van der Waals surface area (Å²) in [6.07, 6.45) is 12.5. The molecule has 5 heteroatoms. The zero-order valence-corrected chi connectivity index (χ0v) is 33.9. The molecule has 0 bridgehead atoms. The van der Waals surface area contributed by atoms with Crippen molar-refractivity contribution >= 4 is 17.5 Å². The highest BCUT2D eigenvalue weighted by Gasteiger charge is 2.66. The van der Waals surface area contributed by atoms with E-state index in [1.165, 1.54) is 49.7 Å². The van der Waals surface area contributed by atoms with Crippen LogP contribution in [0.25, 0.3) is 0 Å². The largest absolute Gasteiger partial charge is 0.481 e. The molecule has 0 spiro atoms. The highest BCUT2D eigenvalue weighted by atomic mass is 16.4. The number of fused-ring (bicyclic) bond motifs is 7. The van der Waals surface area contributed by atoms with Crippen LogP contribution in [0.15, 0.2) is 41.5 Å². The average Bonchev–Trinajstić information content (AvgIpc) is 3.37. The van der Waals surface area contributed by atoms with E-state index in [0.717, 1.165) is 25.8 Å². The van der Waals surface area contributed by atoms with Crippen molar-refractivity contribution in [3.63, 3.8) is 0 Å². The van der Waals surface area contributed by atoms with Gasteiger partial charge in [-0.15, -0.1) is 0 Å².